The first-order chi connectivity index (χ1) is 13.9. The topological polar surface area (TPSA) is 128 Å². The number of amides is 3. The van der Waals surface area contributed by atoms with Gasteiger partial charge in [0.2, 0.25) is 0 Å². The van der Waals surface area contributed by atoms with Gasteiger partial charge in [0.05, 0.1) is 6.54 Å². The number of nitrogens with zero attached hydrogens (tertiary/aromatic N) is 3. The number of carbonyl (C=O) groups excluding carboxylic acids is 2. The number of fused-ring (bicyclic) bond motifs is 1. The van der Waals surface area contributed by atoms with Gasteiger partial charge in [0.25, 0.3) is 0 Å². The molecule has 0 aromatic rings. The highest BCUT2D eigenvalue weighted by Gasteiger charge is 2.57. The average Bonchev–Trinajstić information content (AvgIpc) is 3.09. The number of imide groups is 1. The Bertz CT molecular complexity index is 649. The van der Waals surface area contributed by atoms with E-state index in [1.807, 2.05) is 6.92 Å². The molecule has 3 aliphatic rings. The third kappa shape index (κ3) is 6.41. The summed E-state index contributed by atoms with van der Waals surface area (Å²) in [6, 6.07) is -0.677. The molecule has 0 aromatic carbocycles. The Balaban J connectivity index is 0.00000320. The predicted octanol–water partition coefficient (Wildman–Crippen LogP) is 2.79. The van der Waals surface area contributed by atoms with Crippen LogP contribution in [0.15, 0.2) is 4.99 Å². The Kier molecular flexibility index (Phi) is 13.5. The molecule has 2 saturated heterocycles. The van der Waals surface area contributed by atoms with Crippen LogP contribution < -0.4 is 17.2 Å². The first kappa shape index (κ1) is 31.2. The van der Waals surface area contributed by atoms with Gasteiger partial charge in [-0.05, 0) is 57.5 Å². The fourth-order valence-corrected chi connectivity index (χ4v) is 6.05. The van der Waals surface area contributed by atoms with Gasteiger partial charge in [-0.2, -0.15) is 4.48 Å². The molecular weight excluding hydrogens is 475 g/mol. The average molecular weight is 517 g/mol. The van der Waals surface area contributed by atoms with E-state index in [0.717, 1.165) is 51.6 Å². The lowest BCUT2D eigenvalue weighted by molar-refractivity contribution is -0.785. The number of hydrogen-bond acceptors (Lipinski definition) is 4. The zero-order valence-electron chi connectivity index (χ0n) is 19.1. The lowest BCUT2D eigenvalue weighted by Gasteiger charge is -2.48. The molecule has 0 aromatic heterocycles. The van der Waals surface area contributed by atoms with E-state index in [4.69, 9.17) is 17.2 Å². The Hall–Kier alpha value is -0.800. The number of likely N-dealkylation sites (tertiary alicyclic amines) is 2. The van der Waals surface area contributed by atoms with Gasteiger partial charge < -0.3 is 17.2 Å². The minimum absolute atomic E-state index is 0. The van der Waals surface area contributed by atoms with Gasteiger partial charge in [-0.3, -0.25) is 9.89 Å². The molecule has 0 spiro atoms. The van der Waals surface area contributed by atoms with Crippen LogP contribution in [0.1, 0.15) is 64.7 Å². The largest absolute Gasteiger partial charge is 0.421 e. The number of quaternary nitrogens is 1. The monoisotopic (exact) mass is 515 g/mol. The lowest BCUT2D eigenvalue weighted by Crippen LogP contribution is -2.69. The van der Waals surface area contributed by atoms with E-state index in [1.165, 1.54) is 19.3 Å². The number of aliphatic imine (C=N–C) groups is 1. The Morgan fingerprint density at radius 2 is 1.66 bits per heavy atom. The fourth-order valence-electron chi connectivity index (χ4n) is 6.05. The summed E-state index contributed by atoms with van der Waals surface area (Å²) in [5.74, 6) is 1.13. The molecule has 1 unspecified atom stereocenters. The molecule has 1 aliphatic carbocycles. The van der Waals surface area contributed by atoms with Gasteiger partial charge in [0, 0.05) is 19.4 Å². The van der Waals surface area contributed by atoms with Crippen LogP contribution >= 0.6 is 37.2 Å². The minimum Gasteiger partial charge on any atom is -0.370 e. The van der Waals surface area contributed by atoms with E-state index in [-0.39, 0.29) is 65.7 Å². The molecular formula is C21H42Cl3N6O2+. The molecule has 1 saturated carbocycles. The highest BCUT2D eigenvalue weighted by atomic mass is 35.5. The fraction of sp³-hybridized carbons (Fsp3) is 0.857. The highest BCUT2D eigenvalue weighted by Crippen LogP contribution is 2.42. The summed E-state index contributed by atoms with van der Waals surface area (Å²) in [6.07, 6.45) is 9.46. The SMILES string of the molecule is C[C@@H]1CCC[N+]1(C(N)=O)C(=O)[C@H]1[C@@H]2CCCC[C@@H]2CCN1CCCCN=C(N)N.Cl.Cl.Cl. The number of halogens is 3. The molecule has 188 valence electrons. The maximum Gasteiger partial charge on any atom is 0.421 e. The van der Waals surface area contributed by atoms with Crippen molar-refractivity contribution in [1.29, 1.82) is 0 Å². The van der Waals surface area contributed by atoms with E-state index in [9.17, 15) is 9.59 Å². The summed E-state index contributed by atoms with van der Waals surface area (Å²) >= 11 is 0. The maximum absolute atomic E-state index is 14.0. The second kappa shape index (κ2) is 13.8. The number of piperidine rings is 1. The summed E-state index contributed by atoms with van der Waals surface area (Å²) in [5.41, 5.74) is 16.7. The van der Waals surface area contributed by atoms with E-state index >= 15 is 0 Å². The number of hydrogen-bond donors (Lipinski definition) is 3. The maximum atomic E-state index is 14.0. The molecule has 3 rings (SSSR count). The van der Waals surface area contributed by atoms with Gasteiger partial charge in [-0.25, -0.2) is 9.59 Å². The minimum atomic E-state index is -0.467. The second-order valence-corrected chi connectivity index (χ2v) is 9.25. The molecule has 3 amide bonds. The quantitative estimate of drug-likeness (QED) is 0.216. The van der Waals surface area contributed by atoms with Crippen molar-refractivity contribution < 1.29 is 14.1 Å². The lowest BCUT2D eigenvalue weighted by atomic mass is 9.70. The number of primary amides is 1. The molecule has 2 aliphatic heterocycles. The van der Waals surface area contributed by atoms with Crippen LogP contribution in [0.25, 0.3) is 0 Å². The standard InChI is InChI=1S/C21H38N6O2.3ClH/c1-15-7-6-14-27(15,21(24)29)19(28)18-17-9-3-2-8-16(17)10-13-26(18)12-5-4-11-25-20(22)23;;;/h15-18H,2-14H2,1H3,(H5-,22,23,24,25,29);3*1H/p+1/t15-,16-,17-,18-,27?;;;/m1.../s1. The van der Waals surface area contributed by atoms with Crippen LogP contribution in [0.4, 0.5) is 4.79 Å². The summed E-state index contributed by atoms with van der Waals surface area (Å²) in [6.45, 7) is 4.94. The van der Waals surface area contributed by atoms with Crippen LogP contribution in [0.2, 0.25) is 0 Å². The van der Waals surface area contributed by atoms with Crippen molar-refractivity contribution in [3.8, 4) is 0 Å². The zero-order valence-corrected chi connectivity index (χ0v) is 21.6. The Labute approximate surface area is 210 Å². The first-order valence-electron chi connectivity index (χ1n) is 11.4. The van der Waals surface area contributed by atoms with Crippen molar-refractivity contribution in [1.82, 2.24) is 4.90 Å². The van der Waals surface area contributed by atoms with Crippen molar-refractivity contribution in [2.75, 3.05) is 26.2 Å². The van der Waals surface area contributed by atoms with Crippen LogP contribution in [0, 0.1) is 11.8 Å². The molecule has 8 nitrogen and oxygen atoms in total. The molecule has 5 atom stereocenters. The predicted molar refractivity (Wildman–Crippen MR) is 135 cm³/mol. The molecule has 6 N–H and O–H groups in total. The van der Waals surface area contributed by atoms with Crippen molar-refractivity contribution in [2.24, 2.45) is 34.0 Å². The third-order valence-corrected chi connectivity index (χ3v) is 7.63. The molecule has 0 bridgehead atoms. The number of carbonyl (C=O) groups is 2. The summed E-state index contributed by atoms with van der Waals surface area (Å²) in [5, 5.41) is 0. The Morgan fingerprint density at radius 1 is 0.969 bits per heavy atom. The van der Waals surface area contributed by atoms with Crippen LogP contribution in [-0.2, 0) is 4.79 Å². The van der Waals surface area contributed by atoms with E-state index in [0.29, 0.717) is 24.9 Å². The summed E-state index contributed by atoms with van der Waals surface area (Å²) in [4.78, 5) is 33.0. The first-order valence-corrected chi connectivity index (χ1v) is 11.4. The van der Waals surface area contributed by atoms with E-state index in [2.05, 4.69) is 9.89 Å². The summed E-state index contributed by atoms with van der Waals surface area (Å²) < 4.78 is -0.154. The molecule has 2 heterocycles. The van der Waals surface area contributed by atoms with Gasteiger partial charge in [0.1, 0.15) is 12.1 Å². The smallest absolute Gasteiger partial charge is 0.370 e. The van der Waals surface area contributed by atoms with E-state index in [1.54, 1.807) is 0 Å². The van der Waals surface area contributed by atoms with Crippen LogP contribution in [0.5, 0.6) is 0 Å². The molecule has 11 heteroatoms. The zero-order chi connectivity index (χ0) is 21.0. The van der Waals surface area contributed by atoms with Gasteiger partial charge in [0.15, 0.2) is 5.96 Å². The van der Waals surface area contributed by atoms with Crippen LogP contribution in [0.3, 0.4) is 0 Å². The van der Waals surface area contributed by atoms with Crippen molar-refractivity contribution in [3.63, 3.8) is 0 Å². The molecule has 0 radical (unpaired) electrons. The highest BCUT2D eigenvalue weighted by molar-refractivity contribution is 5.87. The van der Waals surface area contributed by atoms with Crippen molar-refractivity contribution in [2.45, 2.75) is 76.8 Å². The number of unbranched alkanes of at least 4 members (excludes halogenated alkanes) is 1. The number of rotatable bonds is 6. The summed E-state index contributed by atoms with van der Waals surface area (Å²) in [7, 11) is 0. The van der Waals surface area contributed by atoms with Crippen molar-refractivity contribution in [3.05, 3.63) is 0 Å². The third-order valence-electron chi connectivity index (χ3n) is 7.63. The number of nitrogens with two attached hydrogens (primary N) is 3. The van der Waals surface area contributed by atoms with Crippen LogP contribution in [-0.4, -0.2) is 65.5 Å². The normalized spacial score (nSPS) is 31.8. The number of guanidine groups is 1. The number of urea groups is 1. The van der Waals surface area contributed by atoms with Gasteiger partial charge in [-0.15, -0.1) is 37.2 Å². The van der Waals surface area contributed by atoms with Gasteiger partial charge >= 0.3 is 11.9 Å². The second-order valence-electron chi connectivity index (χ2n) is 9.25. The van der Waals surface area contributed by atoms with Crippen molar-refractivity contribution >= 4 is 55.1 Å². The van der Waals surface area contributed by atoms with E-state index < -0.39 is 6.03 Å². The van der Waals surface area contributed by atoms with Gasteiger partial charge in [-0.1, -0.05) is 19.3 Å². The molecule has 32 heavy (non-hydrogen) atoms. The Morgan fingerprint density at radius 3 is 2.25 bits per heavy atom. The molecule has 3 fully saturated rings.